The smallest absolute Gasteiger partial charge is 0.303 e. The Bertz CT molecular complexity index is 662. The molecule has 9 N–H and O–H groups in total. The van der Waals surface area contributed by atoms with E-state index in [1.54, 1.807) is 6.92 Å². The Labute approximate surface area is 179 Å². The van der Waals surface area contributed by atoms with E-state index in [9.17, 15) is 29.4 Å². The number of ether oxygens (including phenoxy) is 2. The normalized spacial score (nSPS) is 28.8. The predicted octanol–water partition coefficient (Wildman–Crippen LogP) is -3.23. The van der Waals surface area contributed by atoms with Crippen LogP contribution in [0, 0.1) is 5.92 Å². The maximum absolute atomic E-state index is 12.4. The van der Waals surface area contributed by atoms with Gasteiger partial charge in [0, 0.05) is 18.9 Å². The third-order valence-electron chi connectivity index (χ3n) is 5.02. The number of rotatable bonds is 11. The number of aliphatic hydroxyl groups excluding tert-OH is 2. The first kappa shape index (κ1) is 26.7. The second-order valence-corrected chi connectivity index (χ2v) is 7.52. The van der Waals surface area contributed by atoms with Crippen LogP contribution in [-0.4, -0.2) is 88.3 Å². The number of carbonyl (C=O) groups is 4. The second kappa shape index (κ2) is 11.9. The fourth-order valence-corrected chi connectivity index (χ4v) is 3.01. The standard InChI is InChI=1S/C18H32N4O9/c1-7-14(13(25)11(6-19)31-18(7)29)30-9(3)17(28)21-8(2)16(27)22-10(15(20)26)4-5-12(23)24/h7-11,13-14,18,25,29H,4-6,19H2,1-3H3,(H2,20,26)(H,21,28)(H,22,27)(H,23,24)/t7-,8-,9+,10+,11?,13?,14+,18+/m0/s1. The molecule has 8 atom stereocenters. The molecular formula is C18H32N4O9. The quantitative estimate of drug-likeness (QED) is 0.167. The van der Waals surface area contributed by atoms with Gasteiger partial charge in [0.25, 0.3) is 0 Å². The lowest BCUT2D eigenvalue weighted by Crippen LogP contribution is -2.58. The molecule has 1 saturated heterocycles. The van der Waals surface area contributed by atoms with Crippen LogP contribution in [0.2, 0.25) is 0 Å². The lowest BCUT2D eigenvalue weighted by Gasteiger charge is -2.42. The van der Waals surface area contributed by atoms with Crippen LogP contribution in [0.15, 0.2) is 0 Å². The molecule has 31 heavy (non-hydrogen) atoms. The number of nitrogens with one attached hydrogen (secondary N) is 2. The molecule has 0 spiro atoms. The first-order chi connectivity index (χ1) is 14.4. The van der Waals surface area contributed by atoms with Crippen LogP contribution in [0.5, 0.6) is 0 Å². The Kier molecular flexibility index (Phi) is 10.3. The minimum atomic E-state index is -1.24. The van der Waals surface area contributed by atoms with Crippen LogP contribution in [0.4, 0.5) is 0 Å². The zero-order valence-corrected chi connectivity index (χ0v) is 17.7. The summed E-state index contributed by atoms with van der Waals surface area (Å²) in [4.78, 5) is 46.7. The fraction of sp³-hybridized carbons (Fsp3) is 0.778. The number of hydrogen-bond acceptors (Lipinski definition) is 9. The monoisotopic (exact) mass is 448 g/mol. The van der Waals surface area contributed by atoms with E-state index >= 15 is 0 Å². The summed E-state index contributed by atoms with van der Waals surface area (Å²) in [7, 11) is 0. The Hall–Kier alpha value is -2.32. The van der Waals surface area contributed by atoms with E-state index < -0.39 is 72.4 Å². The third kappa shape index (κ3) is 7.70. The van der Waals surface area contributed by atoms with Crippen molar-refractivity contribution in [2.45, 2.75) is 76.4 Å². The molecule has 0 radical (unpaired) electrons. The highest BCUT2D eigenvalue weighted by Gasteiger charge is 2.44. The van der Waals surface area contributed by atoms with E-state index in [4.69, 9.17) is 26.0 Å². The molecule has 0 bridgehead atoms. The molecule has 0 saturated carbocycles. The van der Waals surface area contributed by atoms with Crippen LogP contribution in [0.3, 0.4) is 0 Å². The van der Waals surface area contributed by atoms with Crippen molar-refractivity contribution in [2.75, 3.05) is 6.54 Å². The lowest BCUT2D eigenvalue weighted by molar-refractivity contribution is -0.270. The van der Waals surface area contributed by atoms with Crippen molar-refractivity contribution in [3.05, 3.63) is 0 Å². The Morgan fingerprint density at radius 1 is 1.13 bits per heavy atom. The average Bonchev–Trinajstić information content (AvgIpc) is 2.69. The van der Waals surface area contributed by atoms with Crippen LogP contribution in [0.25, 0.3) is 0 Å². The van der Waals surface area contributed by atoms with Crippen molar-refractivity contribution < 1.29 is 44.0 Å². The second-order valence-electron chi connectivity index (χ2n) is 7.52. The number of carboxylic acid groups (broad SMARTS) is 1. The molecule has 178 valence electrons. The summed E-state index contributed by atoms with van der Waals surface area (Å²) in [5.41, 5.74) is 10.7. The fourth-order valence-electron chi connectivity index (χ4n) is 3.01. The summed E-state index contributed by atoms with van der Waals surface area (Å²) >= 11 is 0. The first-order valence-corrected chi connectivity index (χ1v) is 9.88. The highest BCUT2D eigenvalue weighted by atomic mass is 16.6. The van der Waals surface area contributed by atoms with Crippen molar-refractivity contribution in [1.82, 2.24) is 10.6 Å². The highest BCUT2D eigenvalue weighted by molar-refractivity contribution is 5.92. The van der Waals surface area contributed by atoms with Gasteiger partial charge in [0.15, 0.2) is 6.29 Å². The number of aliphatic carboxylic acids is 1. The third-order valence-corrected chi connectivity index (χ3v) is 5.02. The van der Waals surface area contributed by atoms with Gasteiger partial charge in [-0.2, -0.15) is 0 Å². The van der Waals surface area contributed by atoms with Gasteiger partial charge in [-0.05, 0) is 20.3 Å². The molecule has 2 unspecified atom stereocenters. The number of primary amides is 1. The molecular weight excluding hydrogens is 416 g/mol. The molecule has 3 amide bonds. The number of nitrogens with two attached hydrogens (primary N) is 2. The van der Waals surface area contributed by atoms with Crippen molar-refractivity contribution in [1.29, 1.82) is 0 Å². The number of carbonyl (C=O) groups excluding carboxylic acids is 3. The number of hydrogen-bond donors (Lipinski definition) is 7. The molecule has 1 aliphatic rings. The number of amides is 3. The summed E-state index contributed by atoms with van der Waals surface area (Å²) in [6.07, 6.45) is -5.91. The average molecular weight is 448 g/mol. The largest absolute Gasteiger partial charge is 0.481 e. The van der Waals surface area contributed by atoms with Gasteiger partial charge < -0.3 is 46.9 Å². The van der Waals surface area contributed by atoms with E-state index in [1.165, 1.54) is 13.8 Å². The number of carboxylic acids is 1. The molecule has 1 heterocycles. The predicted molar refractivity (Wildman–Crippen MR) is 105 cm³/mol. The zero-order valence-electron chi connectivity index (χ0n) is 17.7. The zero-order chi connectivity index (χ0) is 23.9. The van der Waals surface area contributed by atoms with Gasteiger partial charge in [-0.25, -0.2) is 0 Å². The summed E-state index contributed by atoms with van der Waals surface area (Å²) in [6.45, 7) is 4.27. The summed E-state index contributed by atoms with van der Waals surface area (Å²) in [5.74, 6) is -4.14. The van der Waals surface area contributed by atoms with Gasteiger partial charge in [0.1, 0.15) is 30.4 Å². The molecule has 0 aliphatic carbocycles. The Morgan fingerprint density at radius 2 is 1.74 bits per heavy atom. The highest BCUT2D eigenvalue weighted by Crippen LogP contribution is 2.27. The lowest BCUT2D eigenvalue weighted by atomic mass is 9.92. The van der Waals surface area contributed by atoms with Gasteiger partial charge in [0.2, 0.25) is 17.7 Å². The van der Waals surface area contributed by atoms with Gasteiger partial charge in [0.05, 0.1) is 6.10 Å². The van der Waals surface area contributed by atoms with E-state index in [0.717, 1.165) is 0 Å². The molecule has 13 nitrogen and oxygen atoms in total. The molecule has 1 aliphatic heterocycles. The van der Waals surface area contributed by atoms with Crippen molar-refractivity contribution >= 4 is 23.7 Å². The number of aliphatic hydroxyl groups is 2. The van der Waals surface area contributed by atoms with E-state index in [-0.39, 0.29) is 19.4 Å². The van der Waals surface area contributed by atoms with Crippen LogP contribution in [-0.2, 0) is 28.7 Å². The van der Waals surface area contributed by atoms with Gasteiger partial charge >= 0.3 is 5.97 Å². The van der Waals surface area contributed by atoms with Crippen molar-refractivity contribution in [3.8, 4) is 0 Å². The summed E-state index contributed by atoms with van der Waals surface area (Å²) in [5, 5.41) is 33.7. The molecule has 0 aromatic rings. The maximum Gasteiger partial charge on any atom is 0.303 e. The van der Waals surface area contributed by atoms with Crippen molar-refractivity contribution in [3.63, 3.8) is 0 Å². The molecule has 1 fully saturated rings. The molecule has 0 aromatic carbocycles. The van der Waals surface area contributed by atoms with Crippen LogP contribution >= 0.6 is 0 Å². The molecule has 0 aromatic heterocycles. The molecule has 1 rings (SSSR count). The van der Waals surface area contributed by atoms with Gasteiger partial charge in [-0.15, -0.1) is 0 Å². The Balaban J connectivity index is 2.66. The maximum atomic E-state index is 12.4. The van der Waals surface area contributed by atoms with Crippen molar-refractivity contribution in [2.24, 2.45) is 17.4 Å². The van der Waals surface area contributed by atoms with E-state index in [0.29, 0.717) is 0 Å². The van der Waals surface area contributed by atoms with Crippen LogP contribution < -0.4 is 22.1 Å². The van der Waals surface area contributed by atoms with E-state index in [1.807, 2.05) is 0 Å². The van der Waals surface area contributed by atoms with Gasteiger partial charge in [-0.1, -0.05) is 6.92 Å². The topological polar surface area (TPSA) is 224 Å². The summed E-state index contributed by atoms with van der Waals surface area (Å²) < 4.78 is 10.8. The SMILES string of the molecule is C[C@@H]1[C@H](O)OC(CN)C(O)[C@@H]1O[C@H](C)C(=O)N[C@@H](C)C(=O)N[C@H](CCC(=O)O)C(N)=O. The molecule has 13 heteroatoms. The minimum Gasteiger partial charge on any atom is -0.481 e. The first-order valence-electron chi connectivity index (χ1n) is 9.88. The van der Waals surface area contributed by atoms with E-state index in [2.05, 4.69) is 10.6 Å². The van der Waals surface area contributed by atoms with Crippen LogP contribution in [0.1, 0.15) is 33.6 Å². The summed E-state index contributed by atoms with van der Waals surface area (Å²) in [6, 6.07) is -2.30. The Morgan fingerprint density at radius 3 is 2.26 bits per heavy atom. The van der Waals surface area contributed by atoms with Gasteiger partial charge in [-0.3, -0.25) is 19.2 Å². The minimum absolute atomic E-state index is 0.0640.